The topological polar surface area (TPSA) is 93.9 Å². The number of rotatable bonds is 7. The molecule has 0 saturated heterocycles. The fraction of sp³-hybridized carbons (Fsp3) is 0.333. The molecule has 0 radical (unpaired) electrons. The lowest BCUT2D eigenvalue weighted by Gasteiger charge is -2.41. The lowest BCUT2D eigenvalue weighted by Crippen LogP contribution is -2.47. The number of benzene rings is 2. The van der Waals surface area contributed by atoms with Crippen LogP contribution >= 0.6 is 0 Å². The lowest BCUT2D eigenvalue weighted by molar-refractivity contribution is -0.119. The zero-order valence-corrected chi connectivity index (χ0v) is 16.3. The first kappa shape index (κ1) is 19.5. The third-order valence-corrected chi connectivity index (χ3v) is 4.90. The highest BCUT2D eigenvalue weighted by Gasteiger charge is 2.35. The number of amides is 2. The molecule has 0 fully saturated rings. The first-order valence-corrected chi connectivity index (χ1v) is 9.23. The zero-order valence-electron chi connectivity index (χ0n) is 16.3. The molecule has 0 saturated carbocycles. The number of ether oxygens (including phenoxy) is 2. The summed E-state index contributed by atoms with van der Waals surface area (Å²) in [6.45, 7) is 3.85. The first-order valence-electron chi connectivity index (χ1n) is 9.23. The van der Waals surface area contributed by atoms with E-state index in [2.05, 4.69) is 12.2 Å². The molecule has 28 heavy (non-hydrogen) atoms. The molecule has 1 aliphatic rings. The van der Waals surface area contributed by atoms with Crippen LogP contribution in [0.15, 0.2) is 42.5 Å². The Morgan fingerprint density at radius 2 is 2.00 bits per heavy atom. The number of anilines is 1. The summed E-state index contributed by atoms with van der Waals surface area (Å²) in [4.78, 5) is 26.0. The van der Waals surface area contributed by atoms with E-state index in [0.29, 0.717) is 17.1 Å². The number of primary amides is 1. The molecular formula is C21H25N3O4. The lowest BCUT2D eigenvalue weighted by atomic mass is 10.0. The molecule has 0 aliphatic carbocycles. The van der Waals surface area contributed by atoms with Gasteiger partial charge in [0.05, 0.1) is 12.7 Å². The number of nitrogens with two attached hydrogens (primary N) is 1. The molecule has 7 heteroatoms. The van der Waals surface area contributed by atoms with Crippen LogP contribution in [-0.4, -0.2) is 36.5 Å². The minimum atomic E-state index is -0.565. The number of nitrogens with zero attached hydrogens (tertiary/aromatic N) is 1. The van der Waals surface area contributed by atoms with Gasteiger partial charge in [-0.05, 0) is 43.2 Å². The van der Waals surface area contributed by atoms with Crippen molar-refractivity contribution < 1.29 is 19.1 Å². The monoisotopic (exact) mass is 383 g/mol. The van der Waals surface area contributed by atoms with E-state index in [0.717, 1.165) is 17.7 Å². The van der Waals surface area contributed by atoms with Crippen molar-refractivity contribution in [2.24, 2.45) is 5.73 Å². The number of hydrogen-bond acceptors (Lipinski definition) is 5. The van der Waals surface area contributed by atoms with Crippen LogP contribution in [0.25, 0.3) is 0 Å². The summed E-state index contributed by atoms with van der Waals surface area (Å²) in [5, 5.41) is 3.46. The smallest absolute Gasteiger partial charge is 0.258 e. The largest absolute Gasteiger partial charge is 0.493 e. The normalized spacial score (nSPS) is 16.8. The van der Waals surface area contributed by atoms with Gasteiger partial charge in [-0.15, -0.1) is 0 Å². The van der Waals surface area contributed by atoms with Gasteiger partial charge in [0.15, 0.2) is 18.1 Å². The summed E-state index contributed by atoms with van der Waals surface area (Å²) in [6, 6.07) is 12.9. The van der Waals surface area contributed by atoms with E-state index in [1.165, 1.54) is 7.11 Å². The Bertz CT molecular complexity index is 884. The zero-order chi connectivity index (χ0) is 20.3. The highest BCUT2D eigenvalue weighted by molar-refractivity contribution is 6.01. The quantitative estimate of drug-likeness (QED) is 0.767. The number of para-hydroxylation sites is 1. The van der Waals surface area contributed by atoms with Crippen LogP contribution in [0.2, 0.25) is 0 Å². The van der Waals surface area contributed by atoms with Gasteiger partial charge in [-0.25, -0.2) is 0 Å². The van der Waals surface area contributed by atoms with Gasteiger partial charge in [0.25, 0.3) is 11.8 Å². The fourth-order valence-corrected chi connectivity index (χ4v) is 3.29. The second-order valence-electron chi connectivity index (χ2n) is 6.73. The maximum atomic E-state index is 13.2. The van der Waals surface area contributed by atoms with Gasteiger partial charge in [-0.3, -0.25) is 9.59 Å². The predicted octanol–water partition coefficient (Wildman–Crippen LogP) is 2.92. The Hall–Kier alpha value is -3.22. The Morgan fingerprint density at radius 1 is 1.25 bits per heavy atom. The van der Waals surface area contributed by atoms with Crippen molar-refractivity contribution in [3.8, 4) is 11.5 Å². The van der Waals surface area contributed by atoms with Crippen LogP contribution in [-0.2, 0) is 4.79 Å². The maximum Gasteiger partial charge on any atom is 0.258 e. The Labute approximate surface area is 164 Å². The molecule has 0 bridgehead atoms. The third kappa shape index (κ3) is 3.74. The third-order valence-electron chi connectivity index (χ3n) is 4.90. The molecule has 2 aromatic rings. The minimum absolute atomic E-state index is 0.0123. The van der Waals surface area contributed by atoms with Gasteiger partial charge in [-0.1, -0.05) is 25.1 Å². The summed E-state index contributed by atoms with van der Waals surface area (Å²) >= 11 is 0. The van der Waals surface area contributed by atoms with Crippen molar-refractivity contribution in [2.45, 2.75) is 32.5 Å². The highest BCUT2D eigenvalue weighted by atomic mass is 16.5. The van der Waals surface area contributed by atoms with Crippen molar-refractivity contribution >= 4 is 17.5 Å². The number of nitrogens with one attached hydrogen (secondary N) is 1. The number of fused-ring (bicyclic) bond motifs is 1. The highest BCUT2D eigenvalue weighted by Crippen LogP contribution is 2.38. The average Bonchev–Trinajstić information content (AvgIpc) is 2.71. The van der Waals surface area contributed by atoms with E-state index in [1.54, 1.807) is 6.07 Å². The molecule has 0 unspecified atom stereocenters. The maximum absolute atomic E-state index is 13.2. The molecule has 3 rings (SSSR count). The molecule has 1 heterocycles. The van der Waals surface area contributed by atoms with Crippen molar-refractivity contribution in [3.63, 3.8) is 0 Å². The predicted molar refractivity (Wildman–Crippen MR) is 106 cm³/mol. The van der Waals surface area contributed by atoms with Gasteiger partial charge in [0, 0.05) is 11.7 Å². The number of methoxy groups -OCH3 is 1. The van der Waals surface area contributed by atoms with Gasteiger partial charge in [0.2, 0.25) is 0 Å². The Morgan fingerprint density at radius 3 is 2.68 bits per heavy atom. The van der Waals surface area contributed by atoms with Crippen LogP contribution in [0.5, 0.6) is 11.5 Å². The summed E-state index contributed by atoms with van der Waals surface area (Å²) in [7, 11) is 1.53. The molecule has 1 aliphatic heterocycles. The van der Waals surface area contributed by atoms with E-state index < -0.39 is 5.91 Å². The van der Waals surface area contributed by atoms with Crippen molar-refractivity contribution in [1.82, 2.24) is 4.90 Å². The summed E-state index contributed by atoms with van der Waals surface area (Å²) in [5.74, 6) is 0.311. The van der Waals surface area contributed by atoms with E-state index in [1.807, 2.05) is 48.2 Å². The van der Waals surface area contributed by atoms with Crippen LogP contribution < -0.4 is 20.5 Å². The molecule has 148 valence electrons. The molecule has 3 N–H and O–H groups in total. The van der Waals surface area contributed by atoms with Crippen LogP contribution in [0, 0.1) is 0 Å². The first-order chi connectivity index (χ1) is 13.5. The Balaban J connectivity index is 2.00. The van der Waals surface area contributed by atoms with E-state index in [9.17, 15) is 9.59 Å². The second kappa shape index (κ2) is 8.21. The molecule has 2 amide bonds. The van der Waals surface area contributed by atoms with Crippen molar-refractivity contribution in [1.29, 1.82) is 0 Å². The molecule has 2 atom stereocenters. The van der Waals surface area contributed by atoms with E-state index >= 15 is 0 Å². The van der Waals surface area contributed by atoms with Crippen LogP contribution in [0.3, 0.4) is 0 Å². The van der Waals surface area contributed by atoms with Crippen molar-refractivity contribution in [2.75, 3.05) is 19.0 Å². The SMILES string of the molecule is CC[C@@H](C)N1C(=O)c2ccccc2N[C@@H]1c1ccc(OCC(N)=O)c(OC)c1. The van der Waals surface area contributed by atoms with Crippen molar-refractivity contribution in [3.05, 3.63) is 53.6 Å². The van der Waals surface area contributed by atoms with Gasteiger partial charge >= 0.3 is 0 Å². The van der Waals surface area contributed by atoms with Gasteiger partial charge < -0.3 is 25.4 Å². The molecular weight excluding hydrogens is 358 g/mol. The molecule has 0 aromatic heterocycles. The molecule has 0 spiro atoms. The second-order valence-corrected chi connectivity index (χ2v) is 6.73. The van der Waals surface area contributed by atoms with E-state index in [4.69, 9.17) is 15.2 Å². The standard InChI is InChI=1S/C21H25N3O4/c1-4-13(2)24-20(23-16-8-6-5-7-15(16)21(24)26)14-9-10-17(18(11-14)27-3)28-12-19(22)25/h5-11,13,20,23H,4,12H2,1-3H3,(H2,22,25)/t13-,20+/m1/s1. The summed E-state index contributed by atoms with van der Waals surface area (Å²) in [5.41, 5.74) is 7.46. The summed E-state index contributed by atoms with van der Waals surface area (Å²) in [6.07, 6.45) is 0.472. The molecule has 7 nitrogen and oxygen atoms in total. The number of hydrogen-bond donors (Lipinski definition) is 2. The van der Waals surface area contributed by atoms with E-state index in [-0.39, 0.29) is 24.7 Å². The number of carbonyl (C=O) groups is 2. The average molecular weight is 383 g/mol. The van der Waals surface area contributed by atoms with Crippen LogP contribution in [0.1, 0.15) is 42.4 Å². The van der Waals surface area contributed by atoms with Gasteiger partial charge in [-0.2, -0.15) is 0 Å². The van der Waals surface area contributed by atoms with Crippen LogP contribution in [0.4, 0.5) is 5.69 Å². The minimum Gasteiger partial charge on any atom is -0.493 e. The fourth-order valence-electron chi connectivity index (χ4n) is 3.29. The summed E-state index contributed by atoms with van der Waals surface area (Å²) < 4.78 is 10.8. The molecule has 2 aromatic carbocycles. The Kier molecular flexibility index (Phi) is 5.73. The number of carbonyl (C=O) groups excluding carboxylic acids is 2. The van der Waals surface area contributed by atoms with Gasteiger partial charge in [0.1, 0.15) is 6.17 Å².